The second-order valence-corrected chi connectivity index (χ2v) is 11.7. The Morgan fingerprint density at radius 3 is 1.81 bits per heavy atom. The third-order valence-electron chi connectivity index (χ3n) is 8.16. The van der Waals surface area contributed by atoms with Crippen molar-refractivity contribution in [2.75, 3.05) is 19.8 Å². The molecule has 43 heavy (non-hydrogen) atoms. The molecule has 2 aliphatic heterocycles. The van der Waals surface area contributed by atoms with Gasteiger partial charge in [0, 0.05) is 0 Å². The lowest BCUT2D eigenvalue weighted by Crippen LogP contribution is -2.64. The summed E-state index contributed by atoms with van der Waals surface area (Å²) in [5, 5.41) is 81.0. The minimum Gasteiger partial charge on any atom is -0.394 e. The van der Waals surface area contributed by atoms with E-state index in [4.69, 9.17) is 24.7 Å². The summed E-state index contributed by atoms with van der Waals surface area (Å²) in [6.45, 7) is 0.641. The Balaban J connectivity index is 1.70. The maximum absolute atomic E-state index is 10.7. The second kappa shape index (κ2) is 21.1. The summed E-state index contributed by atoms with van der Waals surface area (Å²) in [5.41, 5.74) is 6.04. The van der Waals surface area contributed by atoms with Crippen LogP contribution in [0.1, 0.15) is 84.0 Å². The van der Waals surface area contributed by atoms with Gasteiger partial charge >= 0.3 is 0 Å². The molecule has 0 spiro atoms. The molecule has 13 heteroatoms. The van der Waals surface area contributed by atoms with Crippen LogP contribution in [0.4, 0.5) is 0 Å². The van der Waals surface area contributed by atoms with E-state index in [0.29, 0.717) is 0 Å². The van der Waals surface area contributed by atoms with Crippen molar-refractivity contribution in [1.29, 1.82) is 0 Å². The molecule has 12 atom stereocenters. The van der Waals surface area contributed by atoms with Gasteiger partial charge in [0.2, 0.25) is 0 Å². The van der Waals surface area contributed by atoms with Crippen molar-refractivity contribution in [3.05, 3.63) is 12.2 Å². The van der Waals surface area contributed by atoms with Crippen LogP contribution < -0.4 is 5.73 Å². The fourth-order valence-electron chi connectivity index (χ4n) is 5.30. The third kappa shape index (κ3) is 12.5. The first-order valence-corrected chi connectivity index (χ1v) is 16.0. The molecule has 0 radical (unpaired) electrons. The lowest BCUT2D eigenvalue weighted by Gasteiger charge is -2.46. The summed E-state index contributed by atoms with van der Waals surface area (Å²) in [6.07, 6.45) is 1.80. The maximum Gasteiger partial charge on any atom is 0.187 e. The molecule has 0 aromatic rings. The van der Waals surface area contributed by atoms with Gasteiger partial charge in [-0.05, 0) is 12.8 Å². The highest BCUT2D eigenvalue weighted by Crippen LogP contribution is 2.29. The van der Waals surface area contributed by atoms with Crippen molar-refractivity contribution in [2.45, 2.75) is 158 Å². The molecule has 2 rings (SSSR count). The molecule has 254 valence electrons. The minimum atomic E-state index is -1.75. The fourth-order valence-corrected chi connectivity index (χ4v) is 5.30. The molecule has 2 heterocycles. The van der Waals surface area contributed by atoms with Gasteiger partial charge in [-0.2, -0.15) is 0 Å². The fraction of sp³-hybridized carbons (Fsp3) is 0.933. The van der Waals surface area contributed by atoms with E-state index in [1.165, 1.54) is 57.8 Å². The summed E-state index contributed by atoms with van der Waals surface area (Å²) < 4.78 is 21.9. The zero-order chi connectivity index (χ0) is 31.8. The van der Waals surface area contributed by atoms with Crippen LogP contribution in [0, 0.1) is 0 Å². The summed E-state index contributed by atoms with van der Waals surface area (Å²) in [7, 11) is 0. The number of unbranched alkanes of at least 4 members (excludes halogenated alkanes) is 11. The van der Waals surface area contributed by atoms with Crippen LogP contribution in [0.2, 0.25) is 0 Å². The topological polar surface area (TPSA) is 225 Å². The first kappa shape index (κ1) is 38.4. The Morgan fingerprint density at radius 1 is 0.698 bits per heavy atom. The van der Waals surface area contributed by atoms with E-state index in [1.807, 2.05) is 6.08 Å². The maximum atomic E-state index is 10.7. The van der Waals surface area contributed by atoms with E-state index in [2.05, 4.69) is 6.92 Å². The SMILES string of the molecule is CCCCCCCCCCCCC/C=C/[C@H](O)[C@H](N)CO[C@@H]1OC(CO)C(O[C@@H]2OC(CO)[C@H](O)[C@@H](O)C2O)[C@H](O)[C@H]1O. The molecule has 0 aliphatic carbocycles. The van der Waals surface area contributed by atoms with Crippen molar-refractivity contribution in [3.63, 3.8) is 0 Å². The van der Waals surface area contributed by atoms with Gasteiger partial charge in [-0.15, -0.1) is 0 Å². The number of aliphatic hydroxyl groups excluding tert-OH is 8. The molecule has 2 fully saturated rings. The highest BCUT2D eigenvalue weighted by molar-refractivity contribution is 4.96. The summed E-state index contributed by atoms with van der Waals surface area (Å²) in [4.78, 5) is 0. The summed E-state index contributed by atoms with van der Waals surface area (Å²) >= 11 is 0. The Hall–Kier alpha value is -0.780. The number of nitrogens with two attached hydrogens (primary N) is 1. The number of hydrogen-bond donors (Lipinski definition) is 9. The van der Waals surface area contributed by atoms with Crippen LogP contribution in [0.25, 0.3) is 0 Å². The predicted molar refractivity (Wildman–Crippen MR) is 157 cm³/mol. The number of ether oxygens (including phenoxy) is 4. The molecule has 0 aromatic heterocycles. The Bertz CT molecular complexity index is 744. The van der Waals surface area contributed by atoms with E-state index in [9.17, 15) is 40.9 Å². The smallest absolute Gasteiger partial charge is 0.187 e. The molecule has 0 amide bonds. The van der Waals surface area contributed by atoms with Crippen LogP contribution in [-0.2, 0) is 18.9 Å². The van der Waals surface area contributed by atoms with Gasteiger partial charge in [0.1, 0.15) is 48.8 Å². The first-order chi connectivity index (χ1) is 20.7. The molecular formula is C30H57NO12. The third-order valence-corrected chi connectivity index (χ3v) is 8.16. The Kier molecular flexibility index (Phi) is 18.8. The number of allylic oxidation sites excluding steroid dienone is 1. The summed E-state index contributed by atoms with van der Waals surface area (Å²) in [5.74, 6) is 0. The molecule has 2 aliphatic rings. The van der Waals surface area contributed by atoms with Crippen molar-refractivity contribution in [2.24, 2.45) is 5.73 Å². The van der Waals surface area contributed by atoms with Gasteiger partial charge in [-0.3, -0.25) is 0 Å². The van der Waals surface area contributed by atoms with E-state index in [-0.39, 0.29) is 6.61 Å². The predicted octanol–water partition coefficient (Wildman–Crippen LogP) is -0.427. The van der Waals surface area contributed by atoms with Crippen LogP contribution >= 0.6 is 0 Å². The Morgan fingerprint density at radius 2 is 1.23 bits per heavy atom. The lowest BCUT2D eigenvalue weighted by atomic mass is 9.97. The molecule has 4 unspecified atom stereocenters. The molecular weight excluding hydrogens is 566 g/mol. The van der Waals surface area contributed by atoms with Gasteiger partial charge in [-0.25, -0.2) is 0 Å². The number of hydrogen-bond acceptors (Lipinski definition) is 13. The van der Waals surface area contributed by atoms with Crippen LogP contribution in [0.5, 0.6) is 0 Å². The van der Waals surface area contributed by atoms with E-state index in [1.54, 1.807) is 6.08 Å². The number of rotatable bonds is 21. The highest BCUT2D eigenvalue weighted by Gasteiger charge is 2.50. The average Bonchev–Trinajstić information content (AvgIpc) is 3.01. The van der Waals surface area contributed by atoms with Gasteiger partial charge in [0.25, 0.3) is 0 Å². The van der Waals surface area contributed by atoms with Crippen LogP contribution in [0.3, 0.4) is 0 Å². The van der Waals surface area contributed by atoms with E-state index >= 15 is 0 Å². The minimum absolute atomic E-state index is 0.227. The number of aliphatic hydroxyl groups is 8. The van der Waals surface area contributed by atoms with E-state index in [0.717, 1.165) is 19.3 Å². The van der Waals surface area contributed by atoms with Crippen LogP contribution in [0.15, 0.2) is 12.2 Å². The molecule has 0 aromatic carbocycles. The van der Waals surface area contributed by atoms with Gasteiger partial charge in [0.05, 0.1) is 32.0 Å². The molecule has 0 saturated carbocycles. The molecule has 0 bridgehead atoms. The Labute approximate surface area is 255 Å². The van der Waals surface area contributed by atoms with Gasteiger partial charge < -0.3 is 65.5 Å². The van der Waals surface area contributed by atoms with E-state index < -0.39 is 86.8 Å². The normalized spacial score (nSPS) is 34.9. The average molecular weight is 624 g/mol. The van der Waals surface area contributed by atoms with Crippen molar-refractivity contribution >= 4 is 0 Å². The monoisotopic (exact) mass is 623 g/mol. The zero-order valence-corrected chi connectivity index (χ0v) is 25.5. The largest absolute Gasteiger partial charge is 0.394 e. The van der Waals surface area contributed by atoms with Crippen molar-refractivity contribution in [3.8, 4) is 0 Å². The molecule has 2 saturated heterocycles. The summed E-state index contributed by atoms with van der Waals surface area (Å²) in [6, 6.07) is -0.850. The molecule has 10 N–H and O–H groups in total. The van der Waals surface area contributed by atoms with Gasteiger partial charge in [-0.1, -0.05) is 83.3 Å². The quantitative estimate of drug-likeness (QED) is 0.0585. The standard InChI is InChI=1S/C30H57NO12/c1-2-3-4-5-6-7-8-9-10-11-12-13-14-15-20(34)19(31)18-40-29-27(39)25(37)28(22(17-33)42-29)43-30-26(38)24(36)23(35)21(16-32)41-30/h14-15,19-30,32-39H,2-13,16-18,31H2,1H3/b15-14+/t19-,20+,21?,22?,23+,24-,25-,26?,27-,28?,29-,30+/m1/s1. The first-order valence-electron chi connectivity index (χ1n) is 16.0. The van der Waals surface area contributed by atoms with Crippen molar-refractivity contribution < 1.29 is 59.8 Å². The zero-order valence-electron chi connectivity index (χ0n) is 25.5. The highest BCUT2D eigenvalue weighted by atomic mass is 16.7. The molecule has 13 nitrogen and oxygen atoms in total. The van der Waals surface area contributed by atoms with Crippen molar-refractivity contribution in [1.82, 2.24) is 0 Å². The van der Waals surface area contributed by atoms with Gasteiger partial charge in [0.15, 0.2) is 12.6 Å². The second-order valence-electron chi connectivity index (χ2n) is 11.7. The lowest BCUT2D eigenvalue weighted by molar-refractivity contribution is -0.359. The van der Waals surface area contributed by atoms with Crippen LogP contribution in [-0.4, -0.2) is 134 Å².